The molecule has 1 unspecified atom stereocenters. The number of carbonyl (C=O) groups excluding carboxylic acids is 3. The maximum atomic E-state index is 10.1. The van der Waals surface area contributed by atoms with Gasteiger partial charge in [0.25, 0.3) is 0 Å². The van der Waals surface area contributed by atoms with Gasteiger partial charge in [-0.25, -0.2) is 0 Å². The summed E-state index contributed by atoms with van der Waals surface area (Å²) in [5.41, 5.74) is 0. The Hall–Kier alpha value is -4.63. The number of ketones is 3. The number of nitrogens with zero attached hydrogens (tertiary/aromatic N) is 3. The molecule has 0 N–H and O–H groups in total. The van der Waals surface area contributed by atoms with E-state index in [9.17, 15) is 14.4 Å². The molecule has 0 radical (unpaired) electrons. The zero-order valence-corrected chi connectivity index (χ0v) is 43.3. The lowest BCUT2D eigenvalue weighted by molar-refractivity contribution is -0.113. The van der Waals surface area contributed by atoms with Gasteiger partial charge in [0, 0.05) is 33.1 Å². The molecule has 3 saturated heterocycles. The number of hydrogen-bond acceptors (Lipinski definition) is 7. The fourth-order valence-electron chi connectivity index (χ4n) is 2.44. The first-order chi connectivity index (χ1) is 29.9. The van der Waals surface area contributed by atoms with Gasteiger partial charge >= 0.3 is 0 Å². The number of carbonyl (C=O) groups is 3. The number of likely N-dealkylation sites (tertiary alicyclic amines) is 1. The molecule has 63 heavy (non-hydrogen) atoms. The minimum Gasteiger partial charge on any atom is -0.373 e. The van der Waals surface area contributed by atoms with E-state index in [2.05, 4.69) is 114 Å². The van der Waals surface area contributed by atoms with Crippen molar-refractivity contribution in [2.45, 2.75) is 120 Å². The molecule has 1 aliphatic carbocycles. The van der Waals surface area contributed by atoms with E-state index in [1.54, 1.807) is 31.2 Å². The van der Waals surface area contributed by atoms with Crippen molar-refractivity contribution in [3.05, 3.63) is 126 Å². The van der Waals surface area contributed by atoms with E-state index in [1.165, 1.54) is 91.2 Å². The molecule has 1 saturated carbocycles. The maximum absolute atomic E-state index is 10.1. The summed E-state index contributed by atoms with van der Waals surface area (Å²) < 4.78 is 4.71. The van der Waals surface area contributed by atoms with Gasteiger partial charge in [-0.15, -0.1) is 51.7 Å². The van der Waals surface area contributed by atoms with Crippen molar-refractivity contribution in [2.75, 3.05) is 67.0 Å². The van der Waals surface area contributed by atoms with Crippen LogP contribution < -0.4 is 0 Å². The molecule has 4 fully saturated rings. The summed E-state index contributed by atoms with van der Waals surface area (Å²) >= 11 is 0. The quantitative estimate of drug-likeness (QED) is 0.0483. The van der Waals surface area contributed by atoms with Crippen LogP contribution in [0.15, 0.2) is 126 Å². The highest BCUT2D eigenvalue weighted by Crippen LogP contribution is 2.15. The molecule has 0 spiro atoms. The SMILES string of the molecule is C#CC.C#CC(C)=O.C1CCC1.C=CC.C=CC(C)=O.C=CC=CC.C=CC=CC(C)=O.C=CCC(C)CC=C.C=CCN(C)CC=C.CC.CC1CO1.CN1CC1.CN1CCC1. The van der Waals surface area contributed by atoms with E-state index in [0.29, 0.717) is 6.10 Å². The fourth-order valence-corrected chi connectivity index (χ4v) is 2.44. The molecule has 3 heterocycles. The summed E-state index contributed by atoms with van der Waals surface area (Å²) in [7, 11) is 6.28. The van der Waals surface area contributed by atoms with Crippen molar-refractivity contribution < 1.29 is 19.1 Å². The van der Waals surface area contributed by atoms with Crippen LogP contribution in [0.2, 0.25) is 0 Å². The van der Waals surface area contributed by atoms with Gasteiger partial charge in [0.1, 0.15) is 0 Å². The summed E-state index contributed by atoms with van der Waals surface area (Å²) in [5, 5.41) is 0. The Kier molecular flexibility index (Phi) is 97.5. The van der Waals surface area contributed by atoms with Crippen LogP contribution in [0.1, 0.15) is 114 Å². The molecule has 7 heteroatoms. The Labute approximate surface area is 393 Å². The second-order valence-electron chi connectivity index (χ2n) is 13.6. The van der Waals surface area contributed by atoms with Crippen LogP contribution in [0.4, 0.5) is 0 Å². The summed E-state index contributed by atoms with van der Waals surface area (Å²) in [4.78, 5) is 36.0. The molecule has 4 aliphatic rings. The second-order valence-corrected chi connectivity index (χ2v) is 13.6. The second kappa shape index (κ2) is 77.9. The molecule has 0 amide bonds. The third-order valence-corrected chi connectivity index (χ3v) is 6.56. The van der Waals surface area contributed by atoms with Gasteiger partial charge in [-0.1, -0.05) is 127 Å². The average Bonchev–Trinajstić information content (AvgIpc) is 4.16. The monoisotopic (exact) mass is 878 g/mol. The molecule has 3 aliphatic heterocycles. The first-order valence-corrected chi connectivity index (χ1v) is 22.0. The van der Waals surface area contributed by atoms with Gasteiger partial charge < -0.3 is 14.5 Å². The van der Waals surface area contributed by atoms with E-state index >= 15 is 0 Å². The molecular weight excluding hydrogens is 779 g/mol. The fraction of sp³-hybridized carbons (Fsp3) is 0.518. The number of hydrogen-bond donors (Lipinski definition) is 0. The minimum atomic E-state index is -0.218. The van der Waals surface area contributed by atoms with Crippen molar-refractivity contribution in [1.29, 1.82) is 0 Å². The molecule has 4 rings (SSSR count). The van der Waals surface area contributed by atoms with Crippen LogP contribution in [0.25, 0.3) is 0 Å². The molecular formula is C56H99N3O4. The third-order valence-electron chi connectivity index (χ3n) is 6.56. The van der Waals surface area contributed by atoms with Crippen molar-refractivity contribution in [2.24, 2.45) is 5.92 Å². The third kappa shape index (κ3) is 158. The van der Waals surface area contributed by atoms with Gasteiger partial charge in [0.05, 0.1) is 12.7 Å². The molecule has 0 aromatic carbocycles. The average molecular weight is 878 g/mol. The Morgan fingerprint density at radius 3 is 1.10 bits per heavy atom. The summed E-state index contributed by atoms with van der Waals surface area (Å²) in [5.74, 6) is 4.72. The lowest BCUT2D eigenvalue weighted by Crippen LogP contribution is -2.32. The first-order valence-electron chi connectivity index (χ1n) is 22.0. The number of rotatable bonds is 12. The largest absolute Gasteiger partial charge is 0.373 e. The Morgan fingerprint density at radius 2 is 1.02 bits per heavy atom. The van der Waals surface area contributed by atoms with Gasteiger partial charge in [-0.2, -0.15) is 0 Å². The smallest absolute Gasteiger partial charge is 0.202 e. The predicted molar refractivity (Wildman–Crippen MR) is 287 cm³/mol. The lowest BCUT2D eigenvalue weighted by Gasteiger charge is -2.24. The summed E-state index contributed by atoms with van der Waals surface area (Å²) in [6, 6.07) is 0. The predicted octanol–water partition coefficient (Wildman–Crippen LogP) is 13.2. The highest BCUT2D eigenvalue weighted by atomic mass is 16.6. The van der Waals surface area contributed by atoms with Crippen LogP contribution in [0.5, 0.6) is 0 Å². The highest BCUT2D eigenvalue weighted by molar-refractivity contribution is 5.92. The van der Waals surface area contributed by atoms with Crippen LogP contribution in [-0.4, -0.2) is 105 Å². The van der Waals surface area contributed by atoms with E-state index in [-0.39, 0.29) is 17.3 Å². The number of epoxide rings is 1. The number of allylic oxidation sites excluding steroid dienone is 10. The van der Waals surface area contributed by atoms with Gasteiger partial charge in [-0.3, -0.25) is 19.3 Å². The van der Waals surface area contributed by atoms with Crippen molar-refractivity contribution in [3.63, 3.8) is 0 Å². The molecule has 7 nitrogen and oxygen atoms in total. The molecule has 362 valence electrons. The van der Waals surface area contributed by atoms with Gasteiger partial charge in [0.2, 0.25) is 5.78 Å². The topological polar surface area (TPSA) is 73.2 Å². The van der Waals surface area contributed by atoms with E-state index < -0.39 is 0 Å². The summed E-state index contributed by atoms with van der Waals surface area (Å²) in [6.45, 7) is 54.1. The van der Waals surface area contributed by atoms with Crippen LogP contribution in [-0.2, 0) is 19.1 Å². The molecule has 0 aromatic rings. The Balaban J connectivity index is -0.0000000726. The zero-order chi connectivity index (χ0) is 51.1. The van der Waals surface area contributed by atoms with Crippen LogP contribution >= 0.6 is 0 Å². The Bertz CT molecular complexity index is 1140. The van der Waals surface area contributed by atoms with Gasteiger partial charge in [-0.05, 0) is 119 Å². The molecule has 0 bridgehead atoms. The van der Waals surface area contributed by atoms with Crippen molar-refractivity contribution >= 4 is 17.3 Å². The number of terminal acetylenes is 2. The molecule has 0 aromatic heterocycles. The van der Waals surface area contributed by atoms with Crippen LogP contribution in [0.3, 0.4) is 0 Å². The number of ether oxygens (including phenoxy) is 1. The van der Waals surface area contributed by atoms with Crippen molar-refractivity contribution in [1.82, 2.24) is 14.7 Å². The minimum absolute atomic E-state index is 0.0185. The summed E-state index contributed by atoms with van der Waals surface area (Å²) in [6.07, 6.45) is 40.3. The van der Waals surface area contributed by atoms with E-state index in [4.69, 9.17) is 4.74 Å². The first kappa shape index (κ1) is 78.8. The zero-order valence-electron chi connectivity index (χ0n) is 43.3. The van der Waals surface area contributed by atoms with Crippen LogP contribution in [0, 0.1) is 30.6 Å². The highest BCUT2D eigenvalue weighted by Gasteiger charge is 2.13. The normalized spacial score (nSPS) is 13.3. The number of likely N-dealkylation sites (N-methyl/N-ethyl adjacent to an activating group) is 2. The molecule has 1 atom stereocenters. The van der Waals surface area contributed by atoms with E-state index in [1.807, 2.05) is 77.1 Å². The lowest BCUT2D eigenvalue weighted by atomic mass is 10.0. The maximum Gasteiger partial charge on any atom is 0.202 e. The van der Waals surface area contributed by atoms with Gasteiger partial charge in [0.15, 0.2) is 11.6 Å². The van der Waals surface area contributed by atoms with Crippen molar-refractivity contribution in [3.8, 4) is 24.7 Å². The number of Topliss-reactive ketones (excluding diaryl/α,β-unsaturated/α-hetero) is 1. The van der Waals surface area contributed by atoms with E-state index in [0.717, 1.165) is 38.5 Å². The standard InChI is InChI=1S/C8H14.C7H13N.C6H8O.C5H8.C4H9N.C4H6O.C4H4O.C4H8.C3H7N.C3H6O.C3H6.C3H4.C2H6/c2*1-4-6-8(3)7-5-2;1-3-4-5-6(2)7;1-3-5-4-2;1-5-3-2-4-5;2*1-3-4(2)5;1-2-4-3-1;1-4-2-3-4;1-3-2-4-3;2*1-3-2;1-2/h4-5,8H,1-2,6-7H2,3H3;4-5H,1-2,6-7H2,3H3;3-5H,1H2,2H3;3-5H,1H2,2H3;2-4H2,1H3;3H,1H2,2H3;1H,2H3;1-4H2;2-3H2,1H3;3H,2H2,1H3;3H,1H2,2H3;1H,2H3;1-2H3. The Morgan fingerprint density at radius 1 is 0.730 bits per heavy atom.